The first-order valence-corrected chi connectivity index (χ1v) is 6.13. The molecule has 0 aliphatic carbocycles. The highest BCUT2D eigenvalue weighted by atomic mass is 16.4. The molecule has 0 radical (unpaired) electrons. The molecule has 1 atom stereocenters. The van der Waals surface area contributed by atoms with Gasteiger partial charge in [-0.05, 0) is 31.4 Å². The second-order valence-electron chi connectivity index (χ2n) is 5.02. The summed E-state index contributed by atoms with van der Waals surface area (Å²) in [4.78, 5) is 13.4. The Kier molecular flexibility index (Phi) is 3.09. The first-order chi connectivity index (χ1) is 8.07. The molecule has 1 aliphatic heterocycles. The van der Waals surface area contributed by atoms with Gasteiger partial charge in [0.05, 0.1) is 5.41 Å². The van der Waals surface area contributed by atoms with Crippen LogP contribution in [0.15, 0.2) is 24.3 Å². The Labute approximate surface area is 102 Å². The predicted octanol–water partition coefficient (Wildman–Crippen LogP) is 2.55. The van der Waals surface area contributed by atoms with E-state index in [2.05, 4.69) is 24.0 Å². The lowest BCUT2D eigenvalue weighted by atomic mass is 9.90. The van der Waals surface area contributed by atoms with Gasteiger partial charge >= 0.3 is 5.97 Å². The minimum atomic E-state index is -0.686. The van der Waals surface area contributed by atoms with Crippen LogP contribution >= 0.6 is 0 Å². The van der Waals surface area contributed by atoms with Crippen molar-refractivity contribution in [2.24, 2.45) is 5.41 Å². The Bertz CT molecular complexity index is 430. The molecule has 1 aromatic rings. The maximum absolute atomic E-state index is 11.2. The lowest BCUT2D eigenvalue weighted by Gasteiger charge is -2.23. The van der Waals surface area contributed by atoms with Crippen LogP contribution < -0.4 is 4.90 Å². The smallest absolute Gasteiger partial charge is 0.311 e. The van der Waals surface area contributed by atoms with Crippen LogP contribution in [0.4, 0.5) is 5.69 Å². The standard InChI is InChI=1S/C14H19NO2/c1-3-11-6-4-5-7-12(11)15-9-8-14(2,10-15)13(16)17/h4-7H,3,8-10H2,1-2H3,(H,16,17). The lowest BCUT2D eigenvalue weighted by Crippen LogP contribution is -2.32. The SMILES string of the molecule is CCc1ccccc1N1CCC(C)(C(=O)O)C1. The van der Waals surface area contributed by atoms with E-state index in [1.165, 1.54) is 11.3 Å². The number of anilines is 1. The van der Waals surface area contributed by atoms with E-state index < -0.39 is 11.4 Å². The van der Waals surface area contributed by atoms with Crippen LogP contribution in [0.25, 0.3) is 0 Å². The van der Waals surface area contributed by atoms with Crippen molar-refractivity contribution in [3.63, 3.8) is 0 Å². The molecule has 1 aliphatic rings. The number of carboxylic acids is 1. The number of para-hydroxylation sites is 1. The van der Waals surface area contributed by atoms with Crippen molar-refractivity contribution in [2.75, 3.05) is 18.0 Å². The van der Waals surface area contributed by atoms with Gasteiger partial charge in [-0.3, -0.25) is 4.79 Å². The summed E-state index contributed by atoms with van der Waals surface area (Å²) in [7, 11) is 0. The summed E-state index contributed by atoms with van der Waals surface area (Å²) in [6.45, 7) is 5.41. The number of rotatable bonds is 3. The van der Waals surface area contributed by atoms with Crippen LogP contribution in [-0.4, -0.2) is 24.2 Å². The van der Waals surface area contributed by atoms with E-state index in [-0.39, 0.29) is 0 Å². The van der Waals surface area contributed by atoms with Gasteiger partial charge in [0.25, 0.3) is 0 Å². The number of aliphatic carboxylic acids is 1. The van der Waals surface area contributed by atoms with Crippen molar-refractivity contribution < 1.29 is 9.90 Å². The molecule has 0 spiro atoms. The molecule has 3 heteroatoms. The number of benzene rings is 1. The van der Waals surface area contributed by atoms with Gasteiger partial charge in [0.15, 0.2) is 0 Å². The van der Waals surface area contributed by atoms with E-state index in [1.807, 2.05) is 19.1 Å². The molecular weight excluding hydrogens is 214 g/mol. The molecule has 1 heterocycles. The third-order valence-electron chi connectivity index (χ3n) is 3.70. The van der Waals surface area contributed by atoms with E-state index in [4.69, 9.17) is 0 Å². The summed E-state index contributed by atoms with van der Waals surface area (Å²) in [6, 6.07) is 8.26. The highest BCUT2D eigenvalue weighted by molar-refractivity contribution is 5.76. The third kappa shape index (κ3) is 2.14. The van der Waals surface area contributed by atoms with Crippen LogP contribution in [-0.2, 0) is 11.2 Å². The van der Waals surface area contributed by atoms with E-state index >= 15 is 0 Å². The van der Waals surface area contributed by atoms with Gasteiger partial charge in [-0.2, -0.15) is 0 Å². The fourth-order valence-electron chi connectivity index (χ4n) is 2.46. The normalized spacial score (nSPS) is 24.0. The molecule has 0 amide bonds. The Hall–Kier alpha value is -1.51. The van der Waals surface area contributed by atoms with Gasteiger partial charge in [-0.15, -0.1) is 0 Å². The Balaban J connectivity index is 2.23. The fourth-order valence-corrected chi connectivity index (χ4v) is 2.46. The zero-order valence-corrected chi connectivity index (χ0v) is 10.4. The maximum Gasteiger partial charge on any atom is 0.311 e. The summed E-state index contributed by atoms with van der Waals surface area (Å²) in [5.41, 5.74) is 1.89. The predicted molar refractivity (Wildman–Crippen MR) is 68.4 cm³/mol. The topological polar surface area (TPSA) is 40.5 Å². The number of hydrogen-bond acceptors (Lipinski definition) is 2. The summed E-state index contributed by atoms with van der Waals surface area (Å²) < 4.78 is 0. The minimum absolute atomic E-state index is 0.596. The molecule has 2 rings (SSSR count). The van der Waals surface area contributed by atoms with Gasteiger partial charge in [0.1, 0.15) is 0 Å². The summed E-state index contributed by atoms with van der Waals surface area (Å²) >= 11 is 0. The molecule has 0 aromatic heterocycles. The Morgan fingerprint density at radius 2 is 2.18 bits per heavy atom. The zero-order chi connectivity index (χ0) is 12.5. The molecule has 1 saturated heterocycles. The van der Waals surface area contributed by atoms with Crippen molar-refractivity contribution in [1.29, 1.82) is 0 Å². The summed E-state index contributed by atoms with van der Waals surface area (Å²) in [5.74, 6) is -0.686. The average molecular weight is 233 g/mol. The van der Waals surface area contributed by atoms with Crippen molar-refractivity contribution in [3.8, 4) is 0 Å². The van der Waals surface area contributed by atoms with Gasteiger partial charge < -0.3 is 10.0 Å². The van der Waals surface area contributed by atoms with Crippen molar-refractivity contribution in [1.82, 2.24) is 0 Å². The molecule has 1 aromatic carbocycles. The van der Waals surface area contributed by atoms with Crippen LogP contribution in [0.5, 0.6) is 0 Å². The number of hydrogen-bond donors (Lipinski definition) is 1. The number of aryl methyl sites for hydroxylation is 1. The molecule has 1 unspecified atom stereocenters. The van der Waals surface area contributed by atoms with Gasteiger partial charge in [-0.25, -0.2) is 0 Å². The Morgan fingerprint density at radius 1 is 1.47 bits per heavy atom. The zero-order valence-electron chi connectivity index (χ0n) is 10.4. The van der Waals surface area contributed by atoms with Crippen molar-refractivity contribution in [2.45, 2.75) is 26.7 Å². The lowest BCUT2D eigenvalue weighted by molar-refractivity contribution is -0.146. The molecule has 1 N–H and O–H groups in total. The first kappa shape index (κ1) is 12.0. The second kappa shape index (κ2) is 4.40. The monoisotopic (exact) mass is 233 g/mol. The molecule has 0 saturated carbocycles. The molecular formula is C14H19NO2. The van der Waals surface area contributed by atoms with Gasteiger partial charge in [-0.1, -0.05) is 25.1 Å². The summed E-state index contributed by atoms with van der Waals surface area (Å²) in [5, 5.41) is 9.24. The van der Waals surface area contributed by atoms with Crippen molar-refractivity contribution >= 4 is 11.7 Å². The highest BCUT2D eigenvalue weighted by Gasteiger charge is 2.40. The van der Waals surface area contributed by atoms with Gasteiger partial charge in [0, 0.05) is 18.8 Å². The van der Waals surface area contributed by atoms with Crippen LogP contribution in [0.1, 0.15) is 25.8 Å². The third-order valence-corrected chi connectivity index (χ3v) is 3.70. The number of carbonyl (C=O) groups is 1. The second-order valence-corrected chi connectivity index (χ2v) is 5.02. The molecule has 0 bridgehead atoms. The van der Waals surface area contributed by atoms with Crippen molar-refractivity contribution in [3.05, 3.63) is 29.8 Å². The molecule has 92 valence electrons. The van der Waals surface area contributed by atoms with Crippen LogP contribution in [0.3, 0.4) is 0 Å². The average Bonchev–Trinajstić information content (AvgIpc) is 2.73. The van der Waals surface area contributed by atoms with E-state index in [0.717, 1.165) is 19.4 Å². The highest BCUT2D eigenvalue weighted by Crippen LogP contribution is 2.34. The quantitative estimate of drug-likeness (QED) is 0.872. The fraction of sp³-hybridized carbons (Fsp3) is 0.500. The van der Waals surface area contributed by atoms with E-state index in [9.17, 15) is 9.90 Å². The van der Waals surface area contributed by atoms with Crippen LogP contribution in [0, 0.1) is 5.41 Å². The van der Waals surface area contributed by atoms with E-state index in [1.54, 1.807) is 0 Å². The van der Waals surface area contributed by atoms with E-state index in [0.29, 0.717) is 6.54 Å². The van der Waals surface area contributed by atoms with Crippen LogP contribution in [0.2, 0.25) is 0 Å². The Morgan fingerprint density at radius 3 is 2.76 bits per heavy atom. The molecule has 3 nitrogen and oxygen atoms in total. The first-order valence-electron chi connectivity index (χ1n) is 6.13. The number of nitrogens with zero attached hydrogens (tertiary/aromatic N) is 1. The molecule has 17 heavy (non-hydrogen) atoms. The largest absolute Gasteiger partial charge is 0.481 e. The van der Waals surface area contributed by atoms with Gasteiger partial charge in [0.2, 0.25) is 0 Å². The number of carboxylic acid groups (broad SMARTS) is 1. The maximum atomic E-state index is 11.2. The minimum Gasteiger partial charge on any atom is -0.481 e. The summed E-state index contributed by atoms with van der Waals surface area (Å²) in [6.07, 6.45) is 1.71. The molecule has 1 fully saturated rings.